The Morgan fingerprint density at radius 3 is 2.07 bits per heavy atom. The van der Waals surface area contributed by atoms with Gasteiger partial charge in [-0.05, 0) is 27.7 Å². The van der Waals surface area contributed by atoms with Crippen molar-refractivity contribution >= 4 is 10.9 Å². The summed E-state index contributed by atoms with van der Waals surface area (Å²) in [4.78, 5) is 0. The maximum Gasteiger partial charge on any atom is 0.569 e. The van der Waals surface area contributed by atoms with Crippen LogP contribution in [0.5, 0.6) is 0 Å². The molecule has 0 aliphatic rings. The van der Waals surface area contributed by atoms with Gasteiger partial charge in [0.15, 0.2) is 0 Å². The van der Waals surface area contributed by atoms with Gasteiger partial charge in [0, 0.05) is 13.8 Å². The molecule has 0 aromatic carbocycles. The molecule has 0 saturated heterocycles. The fraction of sp³-hybridized carbons (Fsp3) is 0.727. The minimum atomic E-state index is 0.435. The quantitative estimate of drug-likeness (QED) is 0.729. The molecule has 1 heterocycles. The lowest BCUT2D eigenvalue weighted by Crippen LogP contribution is -2.40. The Hall–Kier alpha value is -0.210. The van der Waals surface area contributed by atoms with E-state index in [-0.39, 0.29) is 0 Å². The molecule has 2 nitrogen and oxygen atoms in total. The van der Waals surface area contributed by atoms with E-state index in [0.717, 1.165) is 5.28 Å². The lowest BCUT2D eigenvalue weighted by Gasteiger charge is -2.00. The summed E-state index contributed by atoms with van der Waals surface area (Å²) in [5.41, 5.74) is 2.59. The molecule has 0 fully saturated rings. The Labute approximate surface area is 101 Å². The van der Waals surface area contributed by atoms with Crippen molar-refractivity contribution in [2.45, 2.75) is 53.6 Å². The smallest absolute Gasteiger partial charge is 0.172 e. The van der Waals surface area contributed by atoms with E-state index in [4.69, 9.17) is 10.9 Å². The first-order valence-corrected chi connectivity index (χ1v) is 6.82. The summed E-state index contributed by atoms with van der Waals surface area (Å²) in [6, 6.07) is 0.870. The highest BCUT2D eigenvalue weighted by molar-refractivity contribution is 6.03. The van der Waals surface area contributed by atoms with Gasteiger partial charge < -0.3 is 0 Å². The second-order valence-electron chi connectivity index (χ2n) is 4.44. The second-order valence-corrected chi connectivity index (χ2v) is 5.35. The molecule has 15 heavy (non-hydrogen) atoms. The van der Waals surface area contributed by atoms with Crippen LogP contribution in [0.3, 0.4) is 0 Å². The number of aromatic nitrogens is 2. The van der Waals surface area contributed by atoms with Crippen LogP contribution in [0.2, 0.25) is 5.28 Å². The molecule has 0 N–H and O–H groups in total. The van der Waals surface area contributed by atoms with Gasteiger partial charge in [0.1, 0.15) is 23.5 Å². The van der Waals surface area contributed by atoms with Gasteiger partial charge >= 0.3 is 15.3 Å². The van der Waals surface area contributed by atoms with Crippen LogP contribution in [-0.2, 0) is 0 Å². The minimum Gasteiger partial charge on any atom is -0.172 e. The van der Waals surface area contributed by atoms with Crippen LogP contribution < -0.4 is 4.57 Å². The number of imidazole rings is 1. The van der Waals surface area contributed by atoms with E-state index in [2.05, 4.69) is 50.7 Å². The van der Waals surface area contributed by atoms with Gasteiger partial charge in [-0.25, -0.2) is 0 Å². The van der Waals surface area contributed by atoms with Gasteiger partial charge in [0.05, 0.1) is 0 Å². The number of rotatable bonds is 3. The van der Waals surface area contributed by atoms with Crippen molar-refractivity contribution < 1.29 is 14.6 Å². The number of halogens is 2. The SMILES string of the molecule is Cc1c(C)[n+](C(C)C)c([Cl+]Cl)n1C(C)C. The molecule has 0 aliphatic heterocycles. The van der Waals surface area contributed by atoms with Crippen molar-refractivity contribution in [3.05, 3.63) is 16.7 Å². The van der Waals surface area contributed by atoms with Crippen LogP contribution in [0.25, 0.3) is 0 Å². The summed E-state index contributed by atoms with van der Waals surface area (Å²) in [5, 5.41) is 1.08. The molecule has 1 aromatic rings. The van der Waals surface area contributed by atoms with Crippen LogP contribution in [0.1, 0.15) is 51.2 Å². The third kappa shape index (κ3) is 2.16. The van der Waals surface area contributed by atoms with E-state index in [1.54, 1.807) is 10.0 Å². The third-order valence-electron chi connectivity index (χ3n) is 2.74. The lowest BCUT2D eigenvalue weighted by atomic mass is 10.3. The second kappa shape index (κ2) is 4.75. The molecule has 0 spiro atoms. The fourth-order valence-electron chi connectivity index (χ4n) is 2.01. The summed E-state index contributed by atoms with van der Waals surface area (Å²) < 4.78 is 4.55. The van der Waals surface area contributed by atoms with E-state index in [1.165, 1.54) is 11.4 Å². The van der Waals surface area contributed by atoms with Crippen LogP contribution in [-0.4, -0.2) is 4.57 Å². The first-order valence-electron chi connectivity index (χ1n) is 5.30. The Morgan fingerprint density at radius 1 is 1.20 bits per heavy atom. The summed E-state index contributed by atoms with van der Waals surface area (Å²) >= 11 is 0. The standard InChI is InChI=1S/C11H20Cl2N2/c1-7(2)14-9(5)10(6)15(8(3)4)11(14)13-12/h7-8H,1-6H3/q+2. The molecule has 0 saturated carbocycles. The van der Waals surface area contributed by atoms with E-state index in [1.807, 2.05) is 0 Å². The zero-order chi connectivity index (χ0) is 11.7. The Bertz CT molecular complexity index is 322. The highest BCUT2D eigenvalue weighted by Crippen LogP contribution is 2.20. The van der Waals surface area contributed by atoms with Crippen molar-refractivity contribution in [2.24, 2.45) is 0 Å². The molecule has 1 rings (SSSR count). The molecule has 0 atom stereocenters. The van der Waals surface area contributed by atoms with Crippen LogP contribution in [0, 0.1) is 23.9 Å². The van der Waals surface area contributed by atoms with Gasteiger partial charge in [-0.15, -0.1) is 0 Å². The van der Waals surface area contributed by atoms with Crippen molar-refractivity contribution in [1.29, 1.82) is 0 Å². The van der Waals surface area contributed by atoms with Gasteiger partial charge in [0.25, 0.3) is 10.9 Å². The highest BCUT2D eigenvalue weighted by atomic mass is 36.5. The van der Waals surface area contributed by atoms with Crippen molar-refractivity contribution in [1.82, 2.24) is 4.57 Å². The minimum absolute atomic E-state index is 0.435. The molecule has 0 bridgehead atoms. The van der Waals surface area contributed by atoms with E-state index < -0.39 is 0 Å². The molecular formula is C11H20Cl2N2+2. The first kappa shape index (κ1) is 12.9. The van der Waals surface area contributed by atoms with E-state index in [9.17, 15) is 0 Å². The van der Waals surface area contributed by atoms with Gasteiger partial charge in [0.2, 0.25) is 0 Å². The molecule has 4 heteroatoms. The predicted molar refractivity (Wildman–Crippen MR) is 59.9 cm³/mol. The highest BCUT2D eigenvalue weighted by Gasteiger charge is 2.38. The number of nitrogens with zero attached hydrogens (tertiary/aromatic N) is 2. The fourth-order valence-corrected chi connectivity index (χ4v) is 3.21. The topological polar surface area (TPSA) is 8.81 Å². The largest absolute Gasteiger partial charge is 0.569 e. The van der Waals surface area contributed by atoms with Crippen LogP contribution in [0.4, 0.5) is 0 Å². The average molecular weight is 251 g/mol. The molecule has 0 unspecified atom stereocenters. The normalized spacial score (nSPS) is 11.8. The monoisotopic (exact) mass is 250 g/mol. The number of hydrogen-bond acceptors (Lipinski definition) is 0. The maximum absolute atomic E-state index is 5.93. The van der Waals surface area contributed by atoms with Crippen molar-refractivity contribution in [2.75, 3.05) is 0 Å². The Kier molecular flexibility index (Phi) is 4.07. The molecule has 0 aliphatic carbocycles. The van der Waals surface area contributed by atoms with Gasteiger partial charge in [-0.2, -0.15) is 9.13 Å². The molecule has 0 radical (unpaired) electrons. The summed E-state index contributed by atoms with van der Waals surface area (Å²) in [7, 11) is 7.73. The van der Waals surface area contributed by atoms with Crippen LogP contribution >= 0.6 is 10.9 Å². The lowest BCUT2D eigenvalue weighted by molar-refractivity contribution is -0.791. The maximum atomic E-state index is 5.93. The van der Waals surface area contributed by atoms with E-state index >= 15 is 0 Å². The van der Waals surface area contributed by atoms with Gasteiger partial charge in [-0.3, -0.25) is 0 Å². The van der Waals surface area contributed by atoms with Crippen LogP contribution in [0.15, 0.2) is 0 Å². The first-order chi connectivity index (χ1) is 6.91. The summed E-state index contributed by atoms with van der Waals surface area (Å²) in [6.45, 7) is 13.0. The molecule has 86 valence electrons. The summed E-state index contributed by atoms with van der Waals surface area (Å²) in [6.07, 6.45) is 0. The average Bonchev–Trinajstić information content (AvgIpc) is 2.39. The predicted octanol–water partition coefficient (Wildman–Crippen LogP) is 3.21. The van der Waals surface area contributed by atoms with Crippen molar-refractivity contribution in [3.8, 4) is 0 Å². The molecule has 0 amide bonds. The third-order valence-corrected chi connectivity index (χ3v) is 3.62. The summed E-state index contributed by atoms with van der Waals surface area (Å²) in [5.74, 6) is 0. The molecule has 1 aromatic heterocycles. The Balaban J connectivity index is 3.47. The zero-order valence-corrected chi connectivity index (χ0v) is 11.8. The van der Waals surface area contributed by atoms with Crippen molar-refractivity contribution in [3.63, 3.8) is 0 Å². The zero-order valence-electron chi connectivity index (χ0n) is 10.3. The Morgan fingerprint density at radius 2 is 1.73 bits per heavy atom. The van der Waals surface area contributed by atoms with Gasteiger partial charge in [-0.1, -0.05) is 0 Å². The number of hydrogen-bond donors (Lipinski definition) is 0. The molecular weight excluding hydrogens is 231 g/mol. The van der Waals surface area contributed by atoms with E-state index in [0.29, 0.717) is 12.1 Å².